The van der Waals surface area contributed by atoms with E-state index in [1.165, 1.54) is 6.08 Å². The summed E-state index contributed by atoms with van der Waals surface area (Å²) in [4.78, 5) is 25.1. The average Bonchev–Trinajstić information content (AvgIpc) is 3.25. The number of carbonyl (C=O) groups is 2. The molecule has 0 aromatic heterocycles. The van der Waals surface area contributed by atoms with Gasteiger partial charge in [-0.15, -0.1) is 0 Å². The van der Waals surface area contributed by atoms with Crippen LogP contribution in [-0.2, 0) is 24.0 Å². The monoisotopic (exact) mass is 541 g/mol. The minimum Gasteiger partial charge on any atom is -0.478 e. The molecule has 2 aliphatic carbocycles. The van der Waals surface area contributed by atoms with E-state index in [2.05, 4.69) is 9.44 Å². The van der Waals surface area contributed by atoms with Crippen LogP contribution in [-0.4, -0.2) is 41.8 Å². The van der Waals surface area contributed by atoms with E-state index in [4.69, 9.17) is 0 Å². The maximum absolute atomic E-state index is 12.9. The number of alkyl halides is 3. The lowest BCUT2D eigenvalue weighted by Crippen LogP contribution is -2.28. The first-order valence-corrected chi connectivity index (χ1v) is 12.2. The van der Waals surface area contributed by atoms with Crippen LogP contribution < -0.4 is 0 Å². The second-order valence-electron chi connectivity index (χ2n) is 8.20. The van der Waals surface area contributed by atoms with Gasteiger partial charge >= 0.3 is 27.6 Å². The Balaban J connectivity index is 1.92. The number of nitrogens with zero attached hydrogens (tertiary/aromatic N) is 1. The van der Waals surface area contributed by atoms with Crippen LogP contribution in [0.25, 0.3) is 28.0 Å². The molecule has 38 heavy (non-hydrogen) atoms. The summed E-state index contributed by atoms with van der Waals surface area (Å²) in [5.41, 5.74) is -7.23. The molecule has 2 N–H and O–H groups in total. The summed E-state index contributed by atoms with van der Waals surface area (Å²) in [6.45, 7) is 0. The first-order chi connectivity index (χ1) is 17.9. The Labute approximate surface area is 212 Å². The molecule has 0 unspecified atom stereocenters. The Morgan fingerprint density at radius 1 is 0.789 bits per heavy atom. The highest BCUT2D eigenvalue weighted by molar-refractivity contribution is 7.87. The molecule has 0 saturated carbocycles. The van der Waals surface area contributed by atoms with E-state index in [9.17, 15) is 41.4 Å². The molecule has 2 aliphatic rings. The molecule has 0 saturated heterocycles. The lowest BCUT2D eigenvalue weighted by molar-refractivity contribution is -0.135. The Morgan fingerprint density at radius 2 is 1.39 bits per heavy atom. The quantitative estimate of drug-likeness (QED) is 0.349. The number of aliphatic carboxylic acids is 2. The molecule has 0 amide bonds. The molecule has 0 fully saturated rings. The fraction of sp³-hybridized carbons (Fsp3) is 0.0385. The summed E-state index contributed by atoms with van der Waals surface area (Å²) in [7, 11) is -6.27. The van der Waals surface area contributed by atoms with E-state index in [1.54, 1.807) is 66.7 Å². The topological polar surface area (TPSA) is 130 Å². The first-order valence-electron chi connectivity index (χ1n) is 10.8. The fourth-order valence-electron chi connectivity index (χ4n) is 4.54. The Bertz CT molecular complexity index is 1790. The smallest absolute Gasteiger partial charge is 0.478 e. The van der Waals surface area contributed by atoms with E-state index < -0.39 is 44.4 Å². The molecule has 5 rings (SSSR count). The summed E-state index contributed by atoms with van der Waals surface area (Å²) in [5, 5.41) is 24.7. The van der Waals surface area contributed by atoms with Gasteiger partial charge in [0.2, 0.25) is 0 Å². The maximum Gasteiger partial charge on any atom is 0.536 e. The van der Waals surface area contributed by atoms with Crippen molar-refractivity contribution in [2.24, 2.45) is 5.16 Å². The summed E-state index contributed by atoms with van der Waals surface area (Å²) >= 11 is 0. The van der Waals surface area contributed by atoms with Gasteiger partial charge in [0.25, 0.3) is 0 Å². The molecule has 8 nitrogen and oxygen atoms in total. The van der Waals surface area contributed by atoms with Gasteiger partial charge in [-0.1, -0.05) is 71.9 Å². The Morgan fingerprint density at radius 3 is 2.08 bits per heavy atom. The third-order valence-electron chi connectivity index (χ3n) is 6.04. The minimum absolute atomic E-state index is 0.0134. The van der Waals surface area contributed by atoms with Gasteiger partial charge in [0, 0.05) is 16.7 Å². The molecular formula is C26H14F3NO7S. The number of rotatable bonds is 5. The van der Waals surface area contributed by atoms with E-state index in [-0.39, 0.29) is 16.7 Å². The van der Waals surface area contributed by atoms with E-state index in [0.29, 0.717) is 22.1 Å². The van der Waals surface area contributed by atoms with E-state index >= 15 is 0 Å². The van der Waals surface area contributed by atoms with Gasteiger partial charge in [-0.2, -0.15) is 21.6 Å². The fourth-order valence-corrected chi connectivity index (χ4v) is 4.80. The van der Waals surface area contributed by atoms with Gasteiger partial charge in [0.1, 0.15) is 11.3 Å². The van der Waals surface area contributed by atoms with Crippen LogP contribution in [0.15, 0.2) is 88.6 Å². The van der Waals surface area contributed by atoms with Crippen molar-refractivity contribution < 1.29 is 45.7 Å². The van der Waals surface area contributed by atoms with Crippen molar-refractivity contribution in [2.45, 2.75) is 5.51 Å². The van der Waals surface area contributed by atoms with E-state index in [1.807, 2.05) is 0 Å². The summed E-state index contributed by atoms with van der Waals surface area (Å²) in [6, 6.07) is 18.5. The zero-order valence-electron chi connectivity index (χ0n) is 18.9. The lowest BCUT2D eigenvalue weighted by atomic mass is 9.77. The maximum atomic E-state index is 12.9. The SMILES string of the molecule is O=C(O)C1=C(C(=O)O)C(c2cccc3ccccc23)=C2C(=Cc3ccccc32)C1=NOS(=O)(=O)C(F)(F)F. The predicted molar refractivity (Wildman–Crippen MR) is 131 cm³/mol. The number of hydrogen-bond donors (Lipinski definition) is 2. The van der Waals surface area contributed by atoms with Crippen molar-refractivity contribution >= 4 is 55.8 Å². The molecule has 0 bridgehead atoms. The van der Waals surface area contributed by atoms with E-state index in [0.717, 1.165) is 5.39 Å². The highest BCUT2D eigenvalue weighted by Crippen LogP contribution is 2.50. The number of fused-ring (bicyclic) bond motifs is 4. The van der Waals surface area contributed by atoms with Crippen molar-refractivity contribution in [3.63, 3.8) is 0 Å². The number of carboxylic acid groups (broad SMARTS) is 2. The average molecular weight is 541 g/mol. The first kappa shape index (κ1) is 25.0. The molecule has 0 heterocycles. The van der Waals surface area contributed by atoms with Crippen LogP contribution >= 0.6 is 0 Å². The van der Waals surface area contributed by atoms with Gasteiger partial charge in [-0.25, -0.2) is 9.59 Å². The largest absolute Gasteiger partial charge is 0.536 e. The normalized spacial score (nSPS) is 16.4. The van der Waals surface area contributed by atoms with Gasteiger partial charge in [0.05, 0.1) is 5.57 Å². The van der Waals surface area contributed by atoms with Gasteiger partial charge in [0.15, 0.2) is 0 Å². The summed E-state index contributed by atoms with van der Waals surface area (Å²) in [6.07, 6.45) is 1.39. The summed E-state index contributed by atoms with van der Waals surface area (Å²) in [5.74, 6) is -3.57. The van der Waals surface area contributed by atoms with Crippen LogP contribution in [0.1, 0.15) is 16.7 Å². The lowest BCUT2D eigenvalue weighted by Gasteiger charge is -2.25. The molecule has 12 heteroatoms. The molecule has 0 atom stereocenters. The molecule has 3 aromatic carbocycles. The van der Waals surface area contributed by atoms with Crippen molar-refractivity contribution in [2.75, 3.05) is 0 Å². The molecule has 0 radical (unpaired) electrons. The highest BCUT2D eigenvalue weighted by atomic mass is 32.2. The Hall–Kier alpha value is -4.71. The number of halogens is 3. The predicted octanol–water partition coefficient (Wildman–Crippen LogP) is 4.85. The molecule has 3 aromatic rings. The van der Waals surface area contributed by atoms with Gasteiger partial charge in [-0.3, -0.25) is 4.28 Å². The van der Waals surface area contributed by atoms with Crippen LogP contribution in [0.2, 0.25) is 0 Å². The van der Waals surface area contributed by atoms with Crippen molar-refractivity contribution in [1.29, 1.82) is 0 Å². The van der Waals surface area contributed by atoms with Crippen molar-refractivity contribution in [1.82, 2.24) is 0 Å². The molecular weight excluding hydrogens is 527 g/mol. The number of benzene rings is 3. The third kappa shape index (κ3) is 3.86. The van der Waals surface area contributed by atoms with Crippen molar-refractivity contribution in [3.8, 4) is 0 Å². The van der Waals surface area contributed by atoms with Crippen molar-refractivity contribution in [3.05, 3.63) is 100 Å². The second kappa shape index (κ2) is 8.70. The third-order valence-corrected chi connectivity index (χ3v) is 6.88. The van der Waals surface area contributed by atoms with Crippen LogP contribution in [0.5, 0.6) is 0 Å². The van der Waals surface area contributed by atoms with Crippen LogP contribution in [0, 0.1) is 0 Å². The highest BCUT2D eigenvalue weighted by Gasteiger charge is 2.49. The zero-order chi connectivity index (χ0) is 27.4. The number of hydrogen-bond acceptors (Lipinski definition) is 6. The van der Waals surface area contributed by atoms with Crippen LogP contribution in [0.4, 0.5) is 13.2 Å². The number of allylic oxidation sites excluding steroid dienone is 2. The molecule has 0 spiro atoms. The molecule has 192 valence electrons. The zero-order valence-corrected chi connectivity index (χ0v) is 19.7. The number of carboxylic acids is 2. The number of oxime groups is 1. The standard InChI is InChI=1S/C26H14F3NO7S/c27-26(28,29)38(35,36)37-30-23-18-12-14-7-2-4-10-16(14)19(18)20(21(24(31)32)22(23)25(33)34)17-11-5-8-13-6-1-3-9-15(13)17/h1-12H,(H,31,32)(H,33,34). The van der Waals surface area contributed by atoms with Crippen LogP contribution in [0.3, 0.4) is 0 Å². The van der Waals surface area contributed by atoms with Gasteiger partial charge < -0.3 is 10.2 Å². The Kier molecular flexibility index (Phi) is 5.71. The summed E-state index contributed by atoms with van der Waals surface area (Å²) < 4.78 is 65.8. The molecule has 0 aliphatic heterocycles. The minimum atomic E-state index is -6.27. The van der Waals surface area contributed by atoms with Gasteiger partial charge in [-0.05, 0) is 33.5 Å². The second-order valence-corrected chi connectivity index (χ2v) is 9.72.